The minimum atomic E-state index is -0.408. The number of anilines is 2. The van der Waals surface area contributed by atoms with Gasteiger partial charge in [0.1, 0.15) is 18.0 Å². The number of hydrogen-bond acceptors (Lipinski definition) is 6. The summed E-state index contributed by atoms with van der Waals surface area (Å²) in [5, 5.41) is 0. The molecular weight excluding hydrogens is 208 g/mol. The highest BCUT2D eigenvalue weighted by Gasteiger charge is 2.14. The first kappa shape index (κ1) is 12.2. The first-order valence-corrected chi connectivity index (χ1v) is 4.88. The van der Waals surface area contributed by atoms with Gasteiger partial charge in [0.15, 0.2) is 0 Å². The number of aromatic nitrogens is 2. The summed E-state index contributed by atoms with van der Waals surface area (Å²) in [6, 6.07) is 1.76. The Balaban J connectivity index is 2.95. The number of hydrogen-bond donors (Lipinski definition) is 3. The zero-order valence-electron chi connectivity index (χ0n) is 9.34. The van der Waals surface area contributed by atoms with Crippen LogP contribution in [-0.2, 0) is 4.79 Å². The van der Waals surface area contributed by atoms with Crippen LogP contribution in [0.25, 0.3) is 0 Å². The Morgan fingerprint density at radius 2 is 2.25 bits per heavy atom. The minimum absolute atomic E-state index is 0.105. The number of hydrazine groups is 1. The molecule has 7 nitrogen and oxygen atoms in total. The zero-order valence-corrected chi connectivity index (χ0v) is 9.34. The molecule has 0 saturated heterocycles. The van der Waals surface area contributed by atoms with Gasteiger partial charge in [0.25, 0.3) is 0 Å². The predicted octanol–water partition coefficient (Wildman–Crippen LogP) is -0.538. The topological polar surface area (TPSA) is 110 Å². The molecule has 0 fully saturated rings. The van der Waals surface area contributed by atoms with Gasteiger partial charge in [0, 0.05) is 12.1 Å². The molecule has 0 aromatic carbocycles. The Labute approximate surface area is 93.8 Å². The van der Waals surface area contributed by atoms with E-state index in [1.807, 2.05) is 13.8 Å². The highest BCUT2D eigenvalue weighted by molar-refractivity contribution is 5.79. The van der Waals surface area contributed by atoms with Crippen molar-refractivity contribution in [1.29, 1.82) is 0 Å². The van der Waals surface area contributed by atoms with Gasteiger partial charge in [-0.1, -0.05) is 0 Å². The van der Waals surface area contributed by atoms with Crippen LogP contribution < -0.4 is 21.9 Å². The molecule has 1 aromatic heterocycles. The van der Waals surface area contributed by atoms with E-state index in [1.54, 1.807) is 11.0 Å². The molecule has 16 heavy (non-hydrogen) atoms. The highest BCUT2D eigenvalue weighted by Crippen LogP contribution is 2.15. The van der Waals surface area contributed by atoms with Crippen LogP contribution in [0.4, 0.5) is 11.6 Å². The van der Waals surface area contributed by atoms with Crippen LogP contribution in [0.2, 0.25) is 0 Å². The van der Waals surface area contributed by atoms with Crippen molar-refractivity contribution in [1.82, 2.24) is 9.97 Å². The van der Waals surface area contributed by atoms with Gasteiger partial charge in [-0.05, 0) is 13.8 Å². The summed E-state index contributed by atoms with van der Waals surface area (Å²) in [5.41, 5.74) is 7.60. The summed E-state index contributed by atoms with van der Waals surface area (Å²) in [6.07, 6.45) is 1.38. The molecule has 0 bridgehead atoms. The lowest BCUT2D eigenvalue weighted by molar-refractivity contribution is -0.116. The van der Waals surface area contributed by atoms with Crippen LogP contribution >= 0.6 is 0 Å². The fourth-order valence-electron chi connectivity index (χ4n) is 1.28. The van der Waals surface area contributed by atoms with Gasteiger partial charge in [0.2, 0.25) is 5.91 Å². The normalized spacial score (nSPS) is 10.2. The number of amides is 1. The lowest BCUT2D eigenvalue weighted by Gasteiger charge is -2.26. The second-order valence-electron chi connectivity index (χ2n) is 3.59. The molecule has 0 aliphatic carbocycles. The third-order valence-corrected chi connectivity index (χ3v) is 2.04. The second-order valence-corrected chi connectivity index (χ2v) is 3.59. The molecule has 0 spiro atoms. The molecule has 0 unspecified atom stereocenters. The Morgan fingerprint density at radius 1 is 1.56 bits per heavy atom. The molecule has 1 amide bonds. The Morgan fingerprint density at radius 3 is 2.75 bits per heavy atom. The molecule has 0 aliphatic heterocycles. The second kappa shape index (κ2) is 5.26. The molecule has 1 rings (SSSR count). The summed E-state index contributed by atoms with van der Waals surface area (Å²) in [4.78, 5) is 20.7. The average molecular weight is 224 g/mol. The summed E-state index contributed by atoms with van der Waals surface area (Å²) < 4.78 is 0. The van der Waals surface area contributed by atoms with Crippen LogP contribution in [0.15, 0.2) is 12.4 Å². The summed E-state index contributed by atoms with van der Waals surface area (Å²) >= 11 is 0. The molecular formula is C9H16N6O. The monoisotopic (exact) mass is 224 g/mol. The number of primary amides is 1. The van der Waals surface area contributed by atoms with Crippen LogP contribution in [0, 0.1) is 0 Å². The maximum Gasteiger partial charge on any atom is 0.237 e. The molecule has 5 N–H and O–H groups in total. The van der Waals surface area contributed by atoms with Crippen molar-refractivity contribution in [3.05, 3.63) is 12.4 Å². The number of carbonyl (C=O) groups is 1. The van der Waals surface area contributed by atoms with Crippen molar-refractivity contribution in [3.8, 4) is 0 Å². The fourth-order valence-corrected chi connectivity index (χ4v) is 1.28. The van der Waals surface area contributed by atoms with Gasteiger partial charge in [-0.15, -0.1) is 0 Å². The molecule has 0 saturated carbocycles. The molecule has 7 heteroatoms. The molecule has 0 aliphatic rings. The number of carbonyl (C=O) groups excluding carboxylic acids is 1. The Kier molecular flexibility index (Phi) is 4.01. The van der Waals surface area contributed by atoms with E-state index in [4.69, 9.17) is 11.6 Å². The third-order valence-electron chi connectivity index (χ3n) is 2.04. The number of nitrogens with two attached hydrogens (primary N) is 2. The van der Waals surface area contributed by atoms with Crippen LogP contribution in [0.5, 0.6) is 0 Å². The summed E-state index contributed by atoms with van der Waals surface area (Å²) in [5.74, 6) is 5.93. The maximum atomic E-state index is 10.9. The zero-order chi connectivity index (χ0) is 12.1. The van der Waals surface area contributed by atoms with Gasteiger partial charge < -0.3 is 16.1 Å². The van der Waals surface area contributed by atoms with Gasteiger partial charge in [-0.2, -0.15) is 0 Å². The van der Waals surface area contributed by atoms with E-state index >= 15 is 0 Å². The van der Waals surface area contributed by atoms with Crippen molar-refractivity contribution in [2.45, 2.75) is 19.9 Å². The Bertz CT molecular complexity index is 367. The van der Waals surface area contributed by atoms with E-state index in [1.165, 1.54) is 6.33 Å². The average Bonchev–Trinajstić information content (AvgIpc) is 2.25. The van der Waals surface area contributed by atoms with Crippen LogP contribution in [0.1, 0.15) is 13.8 Å². The van der Waals surface area contributed by atoms with Gasteiger partial charge in [-0.25, -0.2) is 15.8 Å². The van der Waals surface area contributed by atoms with Crippen molar-refractivity contribution in [2.75, 3.05) is 16.9 Å². The lowest BCUT2D eigenvalue weighted by Crippen LogP contribution is -2.39. The molecule has 88 valence electrons. The smallest absolute Gasteiger partial charge is 0.237 e. The first-order chi connectivity index (χ1) is 7.54. The van der Waals surface area contributed by atoms with E-state index < -0.39 is 5.91 Å². The maximum absolute atomic E-state index is 10.9. The highest BCUT2D eigenvalue weighted by atomic mass is 16.1. The number of nitrogen functional groups attached to an aromatic ring is 1. The molecule has 0 atom stereocenters. The van der Waals surface area contributed by atoms with Gasteiger partial charge >= 0.3 is 0 Å². The predicted molar refractivity (Wildman–Crippen MR) is 61.5 cm³/mol. The van der Waals surface area contributed by atoms with E-state index in [2.05, 4.69) is 15.4 Å². The lowest BCUT2D eigenvalue weighted by atomic mass is 10.3. The standard InChI is InChI=1S/C9H16N6O/c1-6(2)15(4-7(10)16)9-3-8(14-11)12-5-13-9/h3,5-6H,4,11H2,1-2H3,(H2,10,16)(H,12,13,14). The molecule has 1 heterocycles. The van der Waals surface area contributed by atoms with Crippen molar-refractivity contribution in [3.63, 3.8) is 0 Å². The quantitative estimate of drug-likeness (QED) is 0.458. The fraction of sp³-hybridized carbons (Fsp3) is 0.444. The van der Waals surface area contributed by atoms with E-state index in [-0.39, 0.29) is 12.6 Å². The van der Waals surface area contributed by atoms with Crippen molar-refractivity contribution >= 4 is 17.5 Å². The van der Waals surface area contributed by atoms with Crippen LogP contribution in [0.3, 0.4) is 0 Å². The minimum Gasteiger partial charge on any atom is -0.368 e. The van der Waals surface area contributed by atoms with E-state index in [0.29, 0.717) is 11.6 Å². The molecule has 0 radical (unpaired) electrons. The third kappa shape index (κ3) is 3.06. The largest absolute Gasteiger partial charge is 0.368 e. The van der Waals surface area contributed by atoms with Gasteiger partial charge in [0.05, 0.1) is 6.54 Å². The molecule has 1 aromatic rings. The van der Waals surface area contributed by atoms with Crippen LogP contribution in [-0.4, -0.2) is 28.5 Å². The van der Waals surface area contributed by atoms with Crippen molar-refractivity contribution < 1.29 is 4.79 Å². The first-order valence-electron chi connectivity index (χ1n) is 4.88. The Hall–Kier alpha value is -1.89. The SMILES string of the molecule is CC(C)N(CC(N)=O)c1cc(NN)ncn1. The van der Waals surface area contributed by atoms with E-state index in [9.17, 15) is 4.79 Å². The number of nitrogens with one attached hydrogen (secondary N) is 1. The van der Waals surface area contributed by atoms with Gasteiger partial charge in [-0.3, -0.25) is 4.79 Å². The van der Waals surface area contributed by atoms with E-state index in [0.717, 1.165) is 0 Å². The number of nitrogens with zero attached hydrogens (tertiary/aromatic N) is 3. The number of rotatable bonds is 5. The summed E-state index contributed by atoms with van der Waals surface area (Å²) in [7, 11) is 0. The summed E-state index contributed by atoms with van der Waals surface area (Å²) in [6.45, 7) is 4.00. The van der Waals surface area contributed by atoms with Crippen molar-refractivity contribution in [2.24, 2.45) is 11.6 Å².